The summed E-state index contributed by atoms with van der Waals surface area (Å²) in [6, 6.07) is 6.02. The summed E-state index contributed by atoms with van der Waals surface area (Å²) >= 11 is 0. The first-order valence-corrected chi connectivity index (χ1v) is 10.0. The van der Waals surface area contributed by atoms with Gasteiger partial charge >= 0.3 is 6.09 Å². The number of aliphatic imine (C=N–C) groups is 2. The third-order valence-corrected chi connectivity index (χ3v) is 5.30. The Morgan fingerprint density at radius 3 is 2.80 bits per heavy atom. The molecule has 0 radical (unpaired) electrons. The number of carbonyl (C=O) groups excluding carboxylic acids is 1. The first-order chi connectivity index (χ1) is 14.5. The Hall–Kier alpha value is -3.42. The van der Waals surface area contributed by atoms with E-state index in [9.17, 15) is 4.79 Å². The monoisotopic (exact) mass is 407 g/mol. The smallest absolute Gasteiger partial charge is 0.414 e. The van der Waals surface area contributed by atoms with Crippen molar-refractivity contribution in [1.29, 1.82) is 0 Å². The fourth-order valence-corrected chi connectivity index (χ4v) is 3.78. The third-order valence-electron chi connectivity index (χ3n) is 5.30. The molecule has 4 heterocycles. The summed E-state index contributed by atoms with van der Waals surface area (Å²) in [5, 5.41) is 0. The number of likely N-dealkylation sites (tertiary alicyclic amines) is 1. The van der Waals surface area contributed by atoms with Crippen molar-refractivity contribution in [2.75, 3.05) is 13.1 Å². The number of aryl methyl sites for hydroxylation is 1. The molecule has 4 rings (SSSR count). The SMILES string of the molecule is C=C(C)OC(=O)N1CCC(n2ccc3c2CN=CN=C3Oc2cccnc2C)CC1. The van der Waals surface area contributed by atoms with Gasteiger partial charge in [0.15, 0.2) is 5.75 Å². The zero-order chi connectivity index (χ0) is 21.1. The van der Waals surface area contributed by atoms with Crippen LogP contribution in [0.25, 0.3) is 0 Å². The summed E-state index contributed by atoms with van der Waals surface area (Å²) < 4.78 is 13.5. The van der Waals surface area contributed by atoms with Gasteiger partial charge in [0, 0.05) is 31.5 Å². The molecule has 0 unspecified atom stereocenters. The Bertz CT molecular complexity index is 1020. The predicted octanol–water partition coefficient (Wildman–Crippen LogP) is 3.87. The second kappa shape index (κ2) is 8.52. The maximum atomic E-state index is 12.1. The molecule has 2 aromatic rings. The number of rotatable bonds is 3. The number of allylic oxidation sites excluding steroid dienone is 1. The van der Waals surface area contributed by atoms with Crippen LogP contribution >= 0.6 is 0 Å². The van der Waals surface area contributed by atoms with Gasteiger partial charge < -0.3 is 18.9 Å². The minimum atomic E-state index is -0.327. The Labute approximate surface area is 175 Å². The molecule has 1 saturated heterocycles. The van der Waals surface area contributed by atoms with Crippen LogP contribution in [-0.4, -0.2) is 45.9 Å². The van der Waals surface area contributed by atoms with E-state index >= 15 is 0 Å². The average Bonchev–Trinajstić information content (AvgIpc) is 3.05. The molecular weight excluding hydrogens is 382 g/mol. The molecule has 2 aliphatic rings. The highest BCUT2D eigenvalue weighted by molar-refractivity contribution is 6.01. The first kappa shape index (κ1) is 19.9. The molecule has 0 saturated carbocycles. The molecule has 1 amide bonds. The van der Waals surface area contributed by atoms with E-state index < -0.39 is 0 Å². The minimum absolute atomic E-state index is 0.275. The quantitative estimate of drug-likeness (QED) is 0.724. The number of hydrogen-bond acceptors (Lipinski definition) is 6. The molecule has 0 aromatic carbocycles. The van der Waals surface area contributed by atoms with Crippen molar-refractivity contribution in [1.82, 2.24) is 14.5 Å². The topological polar surface area (TPSA) is 81.3 Å². The second-order valence-electron chi connectivity index (χ2n) is 7.45. The molecule has 0 atom stereocenters. The van der Waals surface area contributed by atoms with E-state index in [1.165, 1.54) is 0 Å². The zero-order valence-electron chi connectivity index (χ0n) is 17.2. The molecule has 156 valence electrons. The maximum Gasteiger partial charge on any atom is 0.414 e. The molecule has 1 fully saturated rings. The molecule has 0 aliphatic carbocycles. The fraction of sp³-hybridized carbons (Fsp3) is 0.364. The van der Waals surface area contributed by atoms with Crippen molar-refractivity contribution in [2.45, 2.75) is 39.3 Å². The van der Waals surface area contributed by atoms with Crippen molar-refractivity contribution < 1.29 is 14.3 Å². The van der Waals surface area contributed by atoms with Crippen molar-refractivity contribution in [2.24, 2.45) is 9.98 Å². The van der Waals surface area contributed by atoms with Crippen molar-refractivity contribution in [3.05, 3.63) is 59.9 Å². The van der Waals surface area contributed by atoms with Gasteiger partial charge in [-0.2, -0.15) is 0 Å². The van der Waals surface area contributed by atoms with Gasteiger partial charge in [-0.15, -0.1) is 0 Å². The van der Waals surface area contributed by atoms with Crippen LogP contribution in [0.5, 0.6) is 5.75 Å². The summed E-state index contributed by atoms with van der Waals surface area (Å²) in [5.74, 6) is 1.60. The van der Waals surface area contributed by atoms with Crippen molar-refractivity contribution in [3.63, 3.8) is 0 Å². The lowest BCUT2D eigenvalue weighted by Crippen LogP contribution is -2.39. The maximum absolute atomic E-state index is 12.1. The number of aromatic nitrogens is 2. The van der Waals surface area contributed by atoms with E-state index in [-0.39, 0.29) is 12.1 Å². The van der Waals surface area contributed by atoms with E-state index in [1.807, 2.05) is 25.1 Å². The number of ether oxygens (including phenoxy) is 2. The van der Waals surface area contributed by atoms with Gasteiger partial charge in [0.1, 0.15) is 6.34 Å². The number of amides is 1. The molecule has 0 N–H and O–H groups in total. The van der Waals surface area contributed by atoms with Gasteiger partial charge in [0.05, 0.1) is 29.3 Å². The molecule has 0 bridgehead atoms. The number of hydrogen-bond donors (Lipinski definition) is 0. The van der Waals surface area contributed by atoms with Gasteiger partial charge in [-0.05, 0) is 44.9 Å². The Morgan fingerprint density at radius 2 is 2.07 bits per heavy atom. The summed E-state index contributed by atoms with van der Waals surface area (Å²) in [7, 11) is 0. The van der Waals surface area contributed by atoms with E-state index in [2.05, 4.69) is 32.3 Å². The summed E-state index contributed by atoms with van der Waals surface area (Å²) in [5.41, 5.74) is 2.79. The van der Waals surface area contributed by atoms with Crippen LogP contribution in [0.3, 0.4) is 0 Å². The van der Waals surface area contributed by atoms with Crippen LogP contribution in [0.1, 0.15) is 42.8 Å². The van der Waals surface area contributed by atoms with Crippen LogP contribution in [0.4, 0.5) is 4.79 Å². The molecule has 2 aliphatic heterocycles. The number of nitrogens with zero attached hydrogens (tertiary/aromatic N) is 5. The molecule has 8 nitrogen and oxygen atoms in total. The molecule has 8 heteroatoms. The van der Waals surface area contributed by atoms with Gasteiger partial charge in [-0.25, -0.2) is 9.79 Å². The van der Waals surface area contributed by atoms with Crippen molar-refractivity contribution in [3.8, 4) is 5.75 Å². The Morgan fingerprint density at radius 1 is 1.27 bits per heavy atom. The van der Waals surface area contributed by atoms with Crippen molar-refractivity contribution >= 4 is 18.3 Å². The molecule has 30 heavy (non-hydrogen) atoms. The van der Waals surface area contributed by atoms with Gasteiger partial charge in [-0.1, -0.05) is 6.58 Å². The fourth-order valence-electron chi connectivity index (χ4n) is 3.78. The highest BCUT2D eigenvalue weighted by Gasteiger charge is 2.28. The minimum Gasteiger partial charge on any atom is -0.436 e. The highest BCUT2D eigenvalue weighted by Crippen LogP contribution is 2.29. The Balaban J connectivity index is 1.51. The number of piperidine rings is 1. The first-order valence-electron chi connectivity index (χ1n) is 10.0. The molecule has 2 aromatic heterocycles. The third kappa shape index (κ3) is 4.12. The van der Waals surface area contributed by atoms with E-state index in [4.69, 9.17) is 9.47 Å². The summed E-state index contributed by atoms with van der Waals surface area (Å²) in [6.45, 7) is 9.01. The van der Waals surface area contributed by atoms with Crippen LogP contribution in [0, 0.1) is 6.92 Å². The van der Waals surface area contributed by atoms with Crippen LogP contribution < -0.4 is 4.74 Å². The lowest BCUT2D eigenvalue weighted by Gasteiger charge is -2.33. The second-order valence-corrected chi connectivity index (χ2v) is 7.45. The van der Waals surface area contributed by atoms with Crippen LogP contribution in [0.15, 0.2) is 52.9 Å². The molecular formula is C22H25N5O3. The normalized spacial score (nSPS) is 16.5. The summed E-state index contributed by atoms with van der Waals surface area (Å²) in [4.78, 5) is 26.9. The number of carbonyl (C=O) groups is 1. The van der Waals surface area contributed by atoms with Crippen LogP contribution in [0.2, 0.25) is 0 Å². The average molecular weight is 407 g/mol. The number of fused-ring (bicyclic) bond motifs is 1. The Kier molecular flexibility index (Phi) is 5.65. The molecule has 0 spiro atoms. The van der Waals surface area contributed by atoms with Gasteiger partial charge in [0.25, 0.3) is 0 Å². The largest absolute Gasteiger partial charge is 0.436 e. The lowest BCUT2D eigenvalue weighted by molar-refractivity contribution is 0.111. The van der Waals surface area contributed by atoms with Gasteiger partial charge in [-0.3, -0.25) is 9.98 Å². The van der Waals surface area contributed by atoms with E-state index in [1.54, 1.807) is 24.4 Å². The lowest BCUT2D eigenvalue weighted by atomic mass is 10.0. The summed E-state index contributed by atoms with van der Waals surface area (Å²) in [6.07, 6.45) is 6.69. The predicted molar refractivity (Wildman–Crippen MR) is 114 cm³/mol. The number of pyridine rings is 1. The standard InChI is InChI=1S/C22H25N5O3/c1-15(2)29-22(28)26-10-6-17(7-11-26)27-12-8-18-19(27)13-23-14-25-21(18)30-20-5-4-9-24-16(20)3/h4-5,8-9,12,14,17H,1,6-7,10-11,13H2,2-3H3. The van der Waals surface area contributed by atoms with E-state index in [0.717, 1.165) is 29.8 Å². The van der Waals surface area contributed by atoms with Gasteiger partial charge in [0.2, 0.25) is 5.90 Å². The zero-order valence-corrected chi connectivity index (χ0v) is 17.2. The van der Waals surface area contributed by atoms with E-state index in [0.29, 0.717) is 37.0 Å². The van der Waals surface area contributed by atoms with Crippen LogP contribution in [-0.2, 0) is 11.3 Å². The highest BCUT2D eigenvalue weighted by atomic mass is 16.6.